The minimum atomic E-state index is -2.48. The molecule has 5 heterocycles. The Labute approximate surface area is 662 Å². The highest BCUT2D eigenvalue weighted by Gasteiger charge is 2.49. The first-order valence-electron chi connectivity index (χ1n) is 37.4. The van der Waals surface area contributed by atoms with E-state index in [1.165, 1.54) is 49.2 Å². The lowest BCUT2D eigenvalue weighted by molar-refractivity contribution is -0.271. The largest absolute Gasteiger partial charge is 0.494 e. The first-order chi connectivity index (χ1) is 54.5. The molecular weight excluding hydrogens is 1540 g/mol. The molecule has 0 radical (unpaired) electrons. The van der Waals surface area contributed by atoms with Crippen molar-refractivity contribution < 1.29 is 140 Å². The van der Waals surface area contributed by atoms with Crippen LogP contribution in [0.2, 0.25) is 0 Å². The van der Waals surface area contributed by atoms with Gasteiger partial charge in [-0.1, -0.05) is 46.1 Å². The molecule has 2 aromatic carbocycles. The number of fused-ring (bicyclic) bond motifs is 5. The zero-order valence-corrected chi connectivity index (χ0v) is 65.5. The van der Waals surface area contributed by atoms with Crippen molar-refractivity contribution in [2.24, 2.45) is 17.6 Å². The molecule has 16 atom stereocenters. The molecule has 42 nitrogen and oxygen atoms in total. The van der Waals surface area contributed by atoms with Crippen molar-refractivity contribution in [2.45, 2.75) is 189 Å². The quantitative estimate of drug-likeness (QED) is 0.0212. The van der Waals surface area contributed by atoms with Gasteiger partial charge < -0.3 is 132 Å². The zero-order chi connectivity index (χ0) is 84.5. The second-order valence-corrected chi connectivity index (χ2v) is 30.4. The van der Waals surface area contributed by atoms with Crippen LogP contribution in [-0.4, -0.2) is 309 Å². The third-order valence-corrected chi connectivity index (χ3v) is 20.4. The van der Waals surface area contributed by atoms with Gasteiger partial charge in [0.1, 0.15) is 83.3 Å². The number of carboxylic acids is 1. The predicted molar refractivity (Wildman–Crippen MR) is 398 cm³/mol. The van der Waals surface area contributed by atoms with Crippen LogP contribution >= 0.6 is 0 Å². The number of hydrogen-bond donors (Lipinski definition) is 18. The molecule has 3 aromatic rings. The lowest BCUT2D eigenvalue weighted by atomic mass is 9.93. The molecule has 1 aromatic heterocycles. The number of nitrogens with two attached hydrogens (primary N) is 1. The van der Waals surface area contributed by atoms with Gasteiger partial charge in [0, 0.05) is 56.9 Å². The standard InChI is InChI=1S/C72H105N13O29S/c1-8-36(2)54-64(99)76-30-52(90)77-47-35-115(106)66-42(28-45(61(96)75-31-53(91)81-54)78-65(100)55(37(3)49(88)33-86)82-63(98)48-26-39(87)32-85(48)67(101)46(29-51(73)89)79-62(47)97)41-15-14-40(27-44(41)80-66)109-19-12-10-9-11-18-84(7)71(105)110-34-38-13-16-50(112-69-58(94)56(92)57(93)59(113-69)68(102)103)43(25-38)60(95)74-17-20-107-21-22-108-23-24-111-83-70(104)114-72(4,5)6/h13-16,25,27,36-37,39,45-49,54-59,69,80,86-88,92-94H,8-12,17-24,26,28-35H2,1-7H3,(H2,73,89)(H,74,95)(H,75,96)(H,76,99)(H,77,90)(H,78,100)(H,79,97)(H,81,91)(H,82,98)(H,83,104)(H,102,103)/t36-,37-,39+,45?,46-,47-,48-,49-,54?,55-,56-,57-,58+,59-,69?,115?/m0/s1. The van der Waals surface area contributed by atoms with Crippen molar-refractivity contribution >= 4 is 98.9 Å². The van der Waals surface area contributed by atoms with Crippen molar-refractivity contribution in [1.82, 2.24) is 62.8 Å². The molecule has 638 valence electrons. The first-order valence-corrected chi connectivity index (χ1v) is 38.7. The molecule has 4 aliphatic heterocycles. The molecule has 2 fully saturated rings. The Bertz CT molecular complexity index is 3960. The molecule has 12 amide bonds. The summed E-state index contributed by atoms with van der Waals surface area (Å²) in [5.74, 6) is -14.8. The third kappa shape index (κ3) is 27.1. The van der Waals surface area contributed by atoms with E-state index in [-0.39, 0.29) is 103 Å². The van der Waals surface area contributed by atoms with Crippen molar-refractivity contribution in [2.75, 3.05) is 91.8 Å². The summed E-state index contributed by atoms with van der Waals surface area (Å²) in [4.78, 5) is 188. The molecule has 7 rings (SSSR count). The number of primary amides is 1. The number of aliphatic carboxylic acids is 1. The molecule has 19 N–H and O–H groups in total. The van der Waals surface area contributed by atoms with Gasteiger partial charge in [0.25, 0.3) is 5.91 Å². The summed E-state index contributed by atoms with van der Waals surface area (Å²) in [5.41, 5.74) is 7.35. The second kappa shape index (κ2) is 43.7. The molecule has 115 heavy (non-hydrogen) atoms. The van der Waals surface area contributed by atoms with Crippen molar-refractivity contribution in [3.63, 3.8) is 0 Å². The fourth-order valence-electron chi connectivity index (χ4n) is 12.5. The van der Waals surface area contributed by atoms with E-state index in [9.17, 15) is 98.1 Å². The molecule has 0 spiro atoms. The summed E-state index contributed by atoms with van der Waals surface area (Å²) in [6.45, 7) is 6.83. The highest BCUT2D eigenvalue weighted by Crippen LogP contribution is 2.32. The monoisotopic (exact) mass is 1650 g/mol. The number of aliphatic hydroxyl groups excluding tert-OH is 6. The highest BCUT2D eigenvalue weighted by atomic mass is 32.2. The minimum Gasteiger partial charge on any atom is -0.494 e. The van der Waals surface area contributed by atoms with Gasteiger partial charge in [-0.15, -0.1) is 0 Å². The van der Waals surface area contributed by atoms with E-state index in [0.717, 1.165) is 4.90 Å². The van der Waals surface area contributed by atoms with Crippen LogP contribution in [0.5, 0.6) is 11.5 Å². The summed E-state index contributed by atoms with van der Waals surface area (Å²) in [5, 5.41) is 93.0. The summed E-state index contributed by atoms with van der Waals surface area (Å²) in [6, 6.07) is -1.78. The maximum absolute atomic E-state index is 15.2. The number of rotatable bonds is 31. The van der Waals surface area contributed by atoms with Gasteiger partial charge in [0.15, 0.2) is 6.10 Å². The smallest absolute Gasteiger partial charge is 0.431 e. The number of hydroxylamine groups is 1. The number of carbonyl (C=O) groups excluding carboxylic acids is 12. The third-order valence-electron chi connectivity index (χ3n) is 19.0. The summed E-state index contributed by atoms with van der Waals surface area (Å²) in [6.07, 6.45) is -14.1. The first kappa shape index (κ1) is 92.2. The van der Waals surface area contributed by atoms with Crippen LogP contribution in [0, 0.1) is 11.8 Å². The Hall–Kier alpha value is -9.96. The highest BCUT2D eigenvalue weighted by molar-refractivity contribution is 7.85. The molecule has 4 unspecified atom stereocenters. The van der Waals surface area contributed by atoms with Gasteiger partial charge in [0.2, 0.25) is 59.5 Å². The number of carboxylic acid groups (broad SMARTS) is 1. The van der Waals surface area contributed by atoms with Crippen LogP contribution in [0.25, 0.3) is 10.9 Å². The van der Waals surface area contributed by atoms with Gasteiger partial charge in [-0.25, -0.2) is 14.4 Å². The predicted octanol–water partition coefficient (Wildman–Crippen LogP) is -4.93. The SMILES string of the molecule is CC[C@H](C)C1NC(=O)CNC(=O)C2Cc3c([nH]c4cc(OCCCCCCN(C)C(=O)OCc5ccc(OC6O[C@H](C(=O)O)[C@@H](O)[C@H](O)[C@H]6O)c(C(=O)NCCOCCOCCONC(=O)OC(C)(C)C)c5)ccc34)S(=O)C[C@H](NC(=O)CNC1=O)C(=O)N[C@@H](CC(N)=O)C(=O)N1C[C@H](O)C[C@H]1C(=O)N[C@@H]([C@@H](C)[C@@H](O)CO)C(=O)N2. The number of amides is 12. The number of carbonyl (C=O) groups is 13. The van der Waals surface area contributed by atoms with E-state index in [4.69, 9.17) is 43.7 Å². The molecule has 2 bridgehead atoms. The Morgan fingerprint density at radius 1 is 0.774 bits per heavy atom. The van der Waals surface area contributed by atoms with Gasteiger partial charge in [-0.05, 0) is 74.9 Å². The normalized spacial score (nSPS) is 25.0. The van der Waals surface area contributed by atoms with Crippen LogP contribution in [0.3, 0.4) is 0 Å². The zero-order valence-electron chi connectivity index (χ0n) is 64.7. The van der Waals surface area contributed by atoms with E-state index in [1.807, 2.05) is 0 Å². The Morgan fingerprint density at radius 2 is 1.46 bits per heavy atom. The van der Waals surface area contributed by atoms with Crippen molar-refractivity contribution in [3.05, 3.63) is 53.1 Å². The average molecular weight is 1650 g/mol. The number of aromatic nitrogens is 1. The maximum Gasteiger partial charge on any atom is 0.431 e. The van der Waals surface area contributed by atoms with Crippen LogP contribution in [0.1, 0.15) is 108 Å². The average Bonchev–Trinajstić information content (AvgIpc) is 1.59. The van der Waals surface area contributed by atoms with E-state index in [2.05, 4.69) is 53.0 Å². The lowest BCUT2D eigenvalue weighted by Gasteiger charge is -2.38. The van der Waals surface area contributed by atoms with E-state index >= 15 is 4.21 Å². The lowest BCUT2D eigenvalue weighted by Crippen LogP contribution is -2.62. The molecular formula is C72H105N13O29S. The van der Waals surface area contributed by atoms with Gasteiger partial charge >= 0.3 is 18.2 Å². The number of aromatic amines is 1. The summed E-state index contributed by atoms with van der Waals surface area (Å²) in [7, 11) is -0.977. The summed E-state index contributed by atoms with van der Waals surface area (Å²) >= 11 is 0. The number of ether oxygens (including phenoxy) is 7. The minimum absolute atomic E-state index is 0.00682. The molecule has 0 saturated carbocycles. The number of H-pyrrole nitrogens is 1. The van der Waals surface area contributed by atoms with Crippen LogP contribution < -0.4 is 63.2 Å². The number of nitrogens with one attached hydrogen (secondary N) is 10. The van der Waals surface area contributed by atoms with Crippen LogP contribution in [-0.2, 0) is 100 Å². The number of benzene rings is 2. The number of nitrogens with zero attached hydrogens (tertiary/aromatic N) is 2. The Balaban J connectivity index is 1.04. The second-order valence-electron chi connectivity index (χ2n) is 29.0. The van der Waals surface area contributed by atoms with E-state index in [1.54, 1.807) is 40.7 Å². The summed E-state index contributed by atoms with van der Waals surface area (Å²) < 4.78 is 54.0. The van der Waals surface area contributed by atoms with Gasteiger partial charge in [-0.3, -0.25) is 57.0 Å². The van der Waals surface area contributed by atoms with Crippen molar-refractivity contribution in [3.8, 4) is 11.5 Å². The number of aliphatic hydroxyl groups is 6. The molecule has 2 saturated heterocycles. The molecule has 0 aliphatic carbocycles. The van der Waals surface area contributed by atoms with E-state index in [0.29, 0.717) is 32.1 Å². The number of unbranched alkanes of at least 4 members (excludes halogenated alkanes) is 3. The van der Waals surface area contributed by atoms with Crippen LogP contribution in [0.4, 0.5) is 9.59 Å². The topological polar surface area (TPSA) is 611 Å². The Kier molecular flexibility index (Phi) is 35.0. The fraction of sp³-hybridized carbons (Fsp3) is 0.625. The van der Waals surface area contributed by atoms with E-state index < -0.39 is 236 Å². The molecule has 43 heteroatoms. The van der Waals surface area contributed by atoms with Crippen molar-refractivity contribution in [1.29, 1.82) is 0 Å². The fourth-order valence-corrected chi connectivity index (χ4v) is 13.9. The maximum atomic E-state index is 15.2. The van der Waals surface area contributed by atoms with Gasteiger partial charge in [-0.2, -0.15) is 5.48 Å². The Morgan fingerprint density at radius 3 is 2.15 bits per heavy atom. The molecule has 4 aliphatic rings. The van der Waals surface area contributed by atoms with Gasteiger partial charge in [0.05, 0.1) is 106 Å². The number of hydrogen-bond acceptors (Lipinski definition) is 28. The van der Waals surface area contributed by atoms with Crippen LogP contribution in [0.15, 0.2) is 41.4 Å².